The fraction of sp³-hybridized carbons (Fsp3) is 0.250. The standard InChI is InChI=1S/C16H16N2OS/c1-16(2)10-11-5-3-4-6-12(11)13(18-16)9-14(19)15-17-7-8-20-15/h3-9,18H,10H2,1-2H3. The SMILES string of the molecule is CC1(C)Cc2ccccc2C(=CC(=O)c2nccs2)N1. The number of fused-ring (bicyclic) bond motifs is 1. The molecule has 0 amide bonds. The molecule has 0 saturated carbocycles. The van der Waals surface area contributed by atoms with Crippen LogP contribution in [0.15, 0.2) is 41.9 Å². The number of hydrogen-bond donors (Lipinski definition) is 1. The van der Waals surface area contributed by atoms with Crippen molar-refractivity contribution in [2.24, 2.45) is 0 Å². The highest BCUT2D eigenvalue weighted by molar-refractivity contribution is 7.11. The number of thiazole rings is 1. The molecule has 20 heavy (non-hydrogen) atoms. The van der Waals surface area contributed by atoms with Gasteiger partial charge in [0.25, 0.3) is 0 Å². The van der Waals surface area contributed by atoms with Gasteiger partial charge < -0.3 is 5.32 Å². The van der Waals surface area contributed by atoms with Gasteiger partial charge in [0.05, 0.1) is 0 Å². The highest BCUT2D eigenvalue weighted by atomic mass is 32.1. The molecule has 1 N–H and O–H groups in total. The molecule has 1 aromatic carbocycles. The third-order valence-corrected chi connectivity index (χ3v) is 4.12. The molecule has 1 aliphatic heterocycles. The Morgan fingerprint density at radius 1 is 1.40 bits per heavy atom. The number of benzene rings is 1. The fourth-order valence-electron chi connectivity index (χ4n) is 2.54. The molecule has 3 rings (SSSR count). The summed E-state index contributed by atoms with van der Waals surface area (Å²) in [7, 11) is 0. The Labute approximate surface area is 122 Å². The Bertz CT molecular complexity index is 672. The first kappa shape index (κ1) is 13.1. The number of ketones is 1. The molecule has 4 heteroatoms. The first-order chi connectivity index (χ1) is 9.55. The van der Waals surface area contributed by atoms with Crippen LogP contribution in [0.4, 0.5) is 0 Å². The van der Waals surface area contributed by atoms with Gasteiger partial charge in [0.15, 0.2) is 5.01 Å². The van der Waals surface area contributed by atoms with E-state index in [1.165, 1.54) is 16.9 Å². The molecule has 0 saturated heterocycles. The predicted molar refractivity (Wildman–Crippen MR) is 81.8 cm³/mol. The van der Waals surface area contributed by atoms with Crippen molar-refractivity contribution in [1.29, 1.82) is 0 Å². The molecule has 0 bridgehead atoms. The maximum atomic E-state index is 12.2. The fourth-order valence-corrected chi connectivity index (χ4v) is 3.09. The molecule has 0 unspecified atom stereocenters. The summed E-state index contributed by atoms with van der Waals surface area (Å²) in [5.74, 6) is -0.0463. The van der Waals surface area contributed by atoms with E-state index in [0.717, 1.165) is 17.7 Å². The number of hydrogen-bond acceptors (Lipinski definition) is 4. The van der Waals surface area contributed by atoms with Crippen LogP contribution in [0.5, 0.6) is 0 Å². The van der Waals surface area contributed by atoms with Crippen molar-refractivity contribution in [3.8, 4) is 0 Å². The molecule has 3 nitrogen and oxygen atoms in total. The van der Waals surface area contributed by atoms with Gasteiger partial charge >= 0.3 is 0 Å². The van der Waals surface area contributed by atoms with Crippen LogP contribution in [-0.4, -0.2) is 16.3 Å². The largest absolute Gasteiger partial charge is 0.379 e. The van der Waals surface area contributed by atoms with Crippen LogP contribution in [0, 0.1) is 0 Å². The second-order valence-electron chi connectivity index (χ2n) is 5.60. The van der Waals surface area contributed by atoms with E-state index in [0.29, 0.717) is 5.01 Å². The lowest BCUT2D eigenvalue weighted by molar-refractivity contribution is 0.104. The average Bonchev–Trinajstić information content (AvgIpc) is 2.91. The molecule has 2 heterocycles. The molecule has 0 aliphatic carbocycles. The molecule has 0 fully saturated rings. The second-order valence-corrected chi connectivity index (χ2v) is 6.50. The summed E-state index contributed by atoms with van der Waals surface area (Å²) < 4.78 is 0. The van der Waals surface area contributed by atoms with E-state index >= 15 is 0 Å². The summed E-state index contributed by atoms with van der Waals surface area (Å²) in [6, 6.07) is 8.22. The molecule has 0 radical (unpaired) electrons. The molecular formula is C16H16N2OS. The van der Waals surface area contributed by atoms with Crippen molar-refractivity contribution in [1.82, 2.24) is 10.3 Å². The molecule has 0 spiro atoms. The molecule has 1 aliphatic rings. The van der Waals surface area contributed by atoms with E-state index in [1.54, 1.807) is 12.3 Å². The van der Waals surface area contributed by atoms with E-state index in [4.69, 9.17) is 0 Å². The quantitative estimate of drug-likeness (QED) is 0.679. The van der Waals surface area contributed by atoms with Gasteiger partial charge in [-0.2, -0.15) is 0 Å². The minimum absolute atomic E-state index is 0.0463. The minimum atomic E-state index is -0.0522. The molecular weight excluding hydrogens is 268 g/mol. The number of aromatic nitrogens is 1. The van der Waals surface area contributed by atoms with Gasteiger partial charge in [-0.3, -0.25) is 4.79 Å². The first-order valence-electron chi connectivity index (χ1n) is 6.57. The normalized spacial score (nSPS) is 18.4. The Balaban J connectivity index is 2.02. The number of allylic oxidation sites excluding steroid dienone is 1. The van der Waals surface area contributed by atoms with Gasteiger partial charge in [-0.05, 0) is 25.8 Å². The van der Waals surface area contributed by atoms with Gasteiger partial charge in [0, 0.05) is 34.5 Å². The highest BCUT2D eigenvalue weighted by Crippen LogP contribution is 2.29. The van der Waals surface area contributed by atoms with Gasteiger partial charge in [-0.1, -0.05) is 24.3 Å². The predicted octanol–water partition coefficient (Wildman–Crippen LogP) is 3.29. The van der Waals surface area contributed by atoms with E-state index in [-0.39, 0.29) is 11.3 Å². The Morgan fingerprint density at radius 2 is 2.20 bits per heavy atom. The minimum Gasteiger partial charge on any atom is -0.379 e. The van der Waals surface area contributed by atoms with Crippen LogP contribution in [0.3, 0.4) is 0 Å². The lowest BCUT2D eigenvalue weighted by Crippen LogP contribution is -2.43. The lowest BCUT2D eigenvalue weighted by Gasteiger charge is -2.35. The summed E-state index contributed by atoms with van der Waals surface area (Å²) in [6.45, 7) is 4.29. The van der Waals surface area contributed by atoms with E-state index in [2.05, 4.69) is 36.3 Å². The van der Waals surface area contributed by atoms with E-state index < -0.39 is 0 Å². The van der Waals surface area contributed by atoms with Gasteiger partial charge in [-0.15, -0.1) is 11.3 Å². The average molecular weight is 284 g/mol. The maximum absolute atomic E-state index is 12.2. The van der Waals surface area contributed by atoms with Crippen LogP contribution in [-0.2, 0) is 6.42 Å². The number of nitrogens with one attached hydrogen (secondary N) is 1. The summed E-state index contributed by atoms with van der Waals surface area (Å²) in [5, 5.41) is 5.80. The zero-order valence-electron chi connectivity index (χ0n) is 11.5. The van der Waals surface area contributed by atoms with Crippen molar-refractivity contribution in [2.45, 2.75) is 25.8 Å². The zero-order valence-corrected chi connectivity index (χ0v) is 12.3. The third kappa shape index (κ3) is 2.51. The Morgan fingerprint density at radius 3 is 2.95 bits per heavy atom. The van der Waals surface area contributed by atoms with Crippen molar-refractivity contribution in [3.63, 3.8) is 0 Å². The second kappa shape index (κ2) is 4.87. The number of rotatable bonds is 2. The van der Waals surface area contributed by atoms with Crippen LogP contribution in [0.1, 0.15) is 34.8 Å². The molecule has 102 valence electrons. The van der Waals surface area contributed by atoms with Gasteiger partial charge in [-0.25, -0.2) is 4.98 Å². The summed E-state index contributed by atoms with van der Waals surface area (Å²) >= 11 is 1.37. The van der Waals surface area contributed by atoms with Crippen LogP contribution in [0.2, 0.25) is 0 Å². The summed E-state index contributed by atoms with van der Waals surface area (Å²) in [6.07, 6.45) is 4.27. The van der Waals surface area contributed by atoms with Crippen LogP contribution in [0.25, 0.3) is 5.70 Å². The summed E-state index contributed by atoms with van der Waals surface area (Å²) in [5.41, 5.74) is 3.21. The van der Waals surface area contributed by atoms with Crippen molar-refractivity contribution >= 4 is 22.8 Å². The zero-order chi connectivity index (χ0) is 14.2. The number of nitrogens with zero attached hydrogens (tertiary/aromatic N) is 1. The molecule has 0 atom stereocenters. The van der Waals surface area contributed by atoms with E-state index in [1.807, 2.05) is 17.5 Å². The van der Waals surface area contributed by atoms with Crippen molar-refractivity contribution in [2.75, 3.05) is 0 Å². The first-order valence-corrected chi connectivity index (χ1v) is 7.45. The number of carbonyl (C=O) groups is 1. The van der Waals surface area contributed by atoms with Gasteiger partial charge in [0.2, 0.25) is 5.78 Å². The van der Waals surface area contributed by atoms with E-state index in [9.17, 15) is 4.79 Å². The smallest absolute Gasteiger partial charge is 0.216 e. The number of carbonyl (C=O) groups excluding carboxylic acids is 1. The lowest BCUT2D eigenvalue weighted by atomic mass is 9.85. The molecule has 1 aromatic heterocycles. The van der Waals surface area contributed by atoms with Crippen molar-refractivity contribution in [3.05, 3.63) is 58.1 Å². The summed E-state index contributed by atoms with van der Waals surface area (Å²) in [4.78, 5) is 16.3. The highest BCUT2D eigenvalue weighted by Gasteiger charge is 2.27. The monoisotopic (exact) mass is 284 g/mol. The van der Waals surface area contributed by atoms with Crippen LogP contribution >= 0.6 is 11.3 Å². The Kier molecular flexibility index (Phi) is 3.18. The maximum Gasteiger partial charge on any atom is 0.216 e. The van der Waals surface area contributed by atoms with Crippen molar-refractivity contribution < 1.29 is 4.79 Å². The third-order valence-electron chi connectivity index (χ3n) is 3.33. The van der Waals surface area contributed by atoms with Crippen LogP contribution < -0.4 is 5.32 Å². The van der Waals surface area contributed by atoms with Gasteiger partial charge in [0.1, 0.15) is 0 Å². The molecule has 2 aromatic rings. The Hall–Kier alpha value is -1.94. The topological polar surface area (TPSA) is 42.0 Å².